The van der Waals surface area contributed by atoms with E-state index < -0.39 is 34.3 Å². The summed E-state index contributed by atoms with van der Waals surface area (Å²) in [5.41, 5.74) is -1.73. The van der Waals surface area contributed by atoms with E-state index in [9.17, 15) is 30.5 Å². The molecular formula is C17H18F4N2O5S. The second kappa shape index (κ2) is 8.59. The van der Waals surface area contributed by atoms with Gasteiger partial charge in [-0.2, -0.15) is 26.0 Å². The molecule has 0 aliphatic heterocycles. The first-order valence-electron chi connectivity index (χ1n) is 8.26. The van der Waals surface area contributed by atoms with E-state index >= 15 is 0 Å². The minimum absolute atomic E-state index is 0.00111. The fourth-order valence-electron chi connectivity index (χ4n) is 2.75. The van der Waals surface area contributed by atoms with Crippen molar-refractivity contribution in [2.45, 2.75) is 38.4 Å². The minimum atomic E-state index is -4.99. The van der Waals surface area contributed by atoms with Gasteiger partial charge < -0.3 is 4.74 Å². The highest BCUT2D eigenvalue weighted by molar-refractivity contribution is 7.80. The molecule has 2 rings (SSSR count). The van der Waals surface area contributed by atoms with Crippen molar-refractivity contribution in [3.05, 3.63) is 54.1 Å². The van der Waals surface area contributed by atoms with E-state index in [-0.39, 0.29) is 23.6 Å². The number of benzene rings is 1. The van der Waals surface area contributed by atoms with Crippen LogP contribution in [0.4, 0.5) is 17.6 Å². The molecule has 1 aromatic heterocycles. The predicted octanol–water partition coefficient (Wildman–Crippen LogP) is 3.82. The second-order valence-corrected chi connectivity index (χ2v) is 7.54. The monoisotopic (exact) mass is 438 g/mol. The van der Waals surface area contributed by atoms with E-state index in [1.807, 2.05) is 0 Å². The molecule has 0 amide bonds. The van der Waals surface area contributed by atoms with Gasteiger partial charge in [0, 0.05) is 12.4 Å². The smallest absolute Gasteiger partial charge is 0.428 e. The number of aromatic nitrogens is 2. The molecule has 1 aromatic carbocycles. The third-order valence-electron chi connectivity index (χ3n) is 3.75. The van der Waals surface area contributed by atoms with Crippen LogP contribution in [0.2, 0.25) is 0 Å². The molecule has 0 bridgehead atoms. The van der Waals surface area contributed by atoms with Crippen LogP contribution in [0, 0.1) is 5.92 Å². The van der Waals surface area contributed by atoms with E-state index in [1.165, 1.54) is 18.6 Å². The summed E-state index contributed by atoms with van der Waals surface area (Å²) >= 11 is 0. The summed E-state index contributed by atoms with van der Waals surface area (Å²) in [6.07, 6.45) is -4.91. The highest BCUT2D eigenvalue weighted by Crippen LogP contribution is 2.40. The van der Waals surface area contributed by atoms with Crippen LogP contribution in [0.15, 0.2) is 42.9 Å². The van der Waals surface area contributed by atoms with Crippen molar-refractivity contribution in [2.75, 3.05) is 0 Å². The van der Waals surface area contributed by atoms with Crippen molar-refractivity contribution in [1.82, 2.24) is 9.97 Å². The fourth-order valence-corrected chi connectivity index (χ4v) is 3.36. The van der Waals surface area contributed by atoms with Gasteiger partial charge in [-0.15, -0.1) is 0 Å². The van der Waals surface area contributed by atoms with Crippen molar-refractivity contribution >= 4 is 10.4 Å². The maximum absolute atomic E-state index is 13.1. The van der Waals surface area contributed by atoms with Gasteiger partial charge in [-0.1, -0.05) is 26.0 Å². The standard InChI is InChI=1S/C17H18F4N2O5S/c1-11(2)9-16(28-29(24,25)26,14-10-22-7-8-23-14)12-3-5-13(6-4-12)27-17(20,21)15(18)19/h3-8,10-11,15H,9H2,1-2H3,(H,24,25,26). The lowest BCUT2D eigenvalue weighted by molar-refractivity contribution is -0.253. The Morgan fingerprint density at radius 1 is 1.14 bits per heavy atom. The van der Waals surface area contributed by atoms with Gasteiger partial charge in [0.25, 0.3) is 0 Å². The van der Waals surface area contributed by atoms with Gasteiger partial charge in [-0.3, -0.25) is 14.5 Å². The Balaban J connectivity index is 2.56. The zero-order valence-corrected chi connectivity index (χ0v) is 16.1. The van der Waals surface area contributed by atoms with Crippen LogP contribution in [0.3, 0.4) is 0 Å². The zero-order valence-electron chi connectivity index (χ0n) is 15.3. The minimum Gasteiger partial charge on any atom is -0.428 e. The van der Waals surface area contributed by atoms with Gasteiger partial charge in [0.15, 0.2) is 5.60 Å². The summed E-state index contributed by atoms with van der Waals surface area (Å²) in [7, 11) is -4.99. The Bertz CT molecular complexity index is 911. The van der Waals surface area contributed by atoms with Crippen molar-refractivity contribution in [3.63, 3.8) is 0 Å². The van der Waals surface area contributed by atoms with Crippen LogP contribution in [-0.4, -0.2) is 35.5 Å². The highest BCUT2D eigenvalue weighted by atomic mass is 32.3. The van der Waals surface area contributed by atoms with E-state index in [2.05, 4.69) is 14.7 Å². The molecule has 12 heteroatoms. The van der Waals surface area contributed by atoms with E-state index in [0.29, 0.717) is 0 Å². The second-order valence-electron chi connectivity index (χ2n) is 6.52. The zero-order chi connectivity index (χ0) is 21.9. The topological polar surface area (TPSA) is 98.6 Å². The summed E-state index contributed by atoms with van der Waals surface area (Å²) in [4.78, 5) is 7.93. The Morgan fingerprint density at radius 2 is 1.76 bits per heavy atom. The van der Waals surface area contributed by atoms with Gasteiger partial charge in [-0.25, -0.2) is 4.18 Å². The first-order chi connectivity index (χ1) is 13.4. The normalized spacial score (nSPS) is 14.8. The van der Waals surface area contributed by atoms with Crippen LogP contribution < -0.4 is 4.74 Å². The number of nitrogens with zero attached hydrogens (tertiary/aromatic N) is 2. The number of hydrogen-bond donors (Lipinski definition) is 1. The number of rotatable bonds is 9. The van der Waals surface area contributed by atoms with Gasteiger partial charge >= 0.3 is 22.9 Å². The lowest BCUT2D eigenvalue weighted by atomic mass is 9.83. The van der Waals surface area contributed by atoms with Crippen LogP contribution in [-0.2, 0) is 20.2 Å². The molecule has 1 N–H and O–H groups in total. The summed E-state index contributed by atoms with van der Waals surface area (Å²) in [6, 6.07) is 4.20. The summed E-state index contributed by atoms with van der Waals surface area (Å²) in [5.74, 6) is -0.763. The molecule has 0 aliphatic carbocycles. The third-order valence-corrected chi connectivity index (χ3v) is 4.24. The molecule has 0 radical (unpaired) electrons. The average molecular weight is 438 g/mol. The van der Waals surface area contributed by atoms with Crippen LogP contribution >= 0.6 is 0 Å². The first-order valence-corrected chi connectivity index (χ1v) is 9.62. The average Bonchev–Trinajstić information content (AvgIpc) is 2.60. The number of hydrogen-bond acceptors (Lipinski definition) is 6. The highest BCUT2D eigenvalue weighted by Gasteiger charge is 2.45. The Hall–Kier alpha value is -2.31. The summed E-state index contributed by atoms with van der Waals surface area (Å²) < 4.78 is 92.3. The molecule has 0 fully saturated rings. The number of alkyl halides is 4. The van der Waals surface area contributed by atoms with Gasteiger partial charge in [0.2, 0.25) is 0 Å². The van der Waals surface area contributed by atoms with E-state index in [1.54, 1.807) is 13.8 Å². The molecule has 0 spiro atoms. The SMILES string of the molecule is CC(C)CC(OS(=O)(=O)O)(c1ccc(OC(F)(F)C(F)F)cc1)c1cnccn1. The van der Waals surface area contributed by atoms with E-state index in [0.717, 1.165) is 24.3 Å². The fraction of sp³-hybridized carbons (Fsp3) is 0.412. The number of ether oxygens (including phenoxy) is 1. The molecule has 29 heavy (non-hydrogen) atoms. The van der Waals surface area contributed by atoms with Crippen LogP contribution in [0.1, 0.15) is 31.5 Å². The molecule has 1 atom stereocenters. The third kappa shape index (κ3) is 5.84. The van der Waals surface area contributed by atoms with Crippen molar-refractivity contribution in [2.24, 2.45) is 5.92 Å². The van der Waals surface area contributed by atoms with Gasteiger partial charge in [0.1, 0.15) is 5.75 Å². The lowest BCUT2D eigenvalue weighted by Gasteiger charge is -2.33. The van der Waals surface area contributed by atoms with Crippen molar-refractivity contribution in [3.8, 4) is 5.75 Å². The Kier molecular flexibility index (Phi) is 6.81. The first kappa shape index (κ1) is 23.0. The maximum Gasteiger partial charge on any atom is 0.461 e. The molecular weight excluding hydrogens is 420 g/mol. The molecule has 7 nitrogen and oxygen atoms in total. The predicted molar refractivity (Wildman–Crippen MR) is 92.9 cm³/mol. The van der Waals surface area contributed by atoms with E-state index in [4.69, 9.17) is 4.18 Å². The molecule has 0 saturated heterocycles. The van der Waals surface area contributed by atoms with Crippen molar-refractivity contribution < 1.29 is 39.5 Å². The van der Waals surface area contributed by atoms with Crippen molar-refractivity contribution in [1.29, 1.82) is 0 Å². The number of halogens is 4. The molecule has 160 valence electrons. The molecule has 2 aromatic rings. The molecule has 1 heterocycles. The summed E-state index contributed by atoms with van der Waals surface area (Å²) in [6.45, 7) is 3.50. The molecule has 0 aliphatic rings. The Labute approximate surface area is 164 Å². The van der Waals surface area contributed by atoms with Crippen LogP contribution in [0.25, 0.3) is 0 Å². The largest absolute Gasteiger partial charge is 0.461 e. The maximum atomic E-state index is 13.1. The molecule has 0 saturated carbocycles. The van der Waals surface area contributed by atoms with Gasteiger partial charge in [-0.05, 0) is 30.0 Å². The summed E-state index contributed by atoms with van der Waals surface area (Å²) in [5, 5.41) is 0. The lowest BCUT2D eigenvalue weighted by Crippen LogP contribution is -2.36. The van der Waals surface area contributed by atoms with Gasteiger partial charge in [0.05, 0.1) is 11.9 Å². The van der Waals surface area contributed by atoms with Crippen LogP contribution in [0.5, 0.6) is 5.75 Å². The Morgan fingerprint density at radius 3 is 2.21 bits per heavy atom. The molecule has 1 unspecified atom stereocenters. The quantitative estimate of drug-likeness (QED) is 0.469.